The van der Waals surface area contributed by atoms with Gasteiger partial charge in [0, 0.05) is 11.6 Å². The summed E-state index contributed by atoms with van der Waals surface area (Å²) in [6.07, 6.45) is 0.266. The van der Waals surface area contributed by atoms with Crippen LogP contribution in [0.5, 0.6) is 0 Å². The summed E-state index contributed by atoms with van der Waals surface area (Å²) in [5.41, 5.74) is 2.83. The molecule has 0 radical (unpaired) electrons. The maximum absolute atomic E-state index is 11.9. The number of aromatic nitrogens is 1. The van der Waals surface area contributed by atoms with Crippen molar-refractivity contribution in [3.05, 3.63) is 69.2 Å². The summed E-state index contributed by atoms with van der Waals surface area (Å²) in [6.45, 7) is 0.365. The van der Waals surface area contributed by atoms with Crippen molar-refractivity contribution in [3.63, 3.8) is 0 Å². The number of aromatic amines is 1. The fraction of sp³-hybridized carbons (Fsp3) is 0.125. The molecular weight excluding hydrogens is 304 g/mol. The van der Waals surface area contributed by atoms with Crippen LogP contribution in [0.2, 0.25) is 5.02 Å². The number of carbonyl (C=O) groups excluding carboxylic acids is 1. The summed E-state index contributed by atoms with van der Waals surface area (Å²) in [6, 6.07) is 12.5. The van der Waals surface area contributed by atoms with Crippen molar-refractivity contribution in [3.8, 4) is 0 Å². The maximum Gasteiger partial charge on any atom is 0.417 e. The average molecular weight is 317 g/mol. The van der Waals surface area contributed by atoms with Gasteiger partial charge in [-0.05, 0) is 35.4 Å². The van der Waals surface area contributed by atoms with Crippen molar-refractivity contribution in [2.75, 3.05) is 0 Å². The van der Waals surface area contributed by atoms with Gasteiger partial charge in [-0.3, -0.25) is 9.78 Å². The maximum atomic E-state index is 11.9. The Labute approximate surface area is 130 Å². The molecule has 5 nitrogen and oxygen atoms in total. The Kier molecular flexibility index (Phi) is 3.98. The first kappa shape index (κ1) is 14.4. The molecule has 0 aliphatic rings. The zero-order valence-corrected chi connectivity index (χ0v) is 12.3. The van der Waals surface area contributed by atoms with Crippen LogP contribution in [-0.2, 0) is 17.8 Å². The monoisotopic (exact) mass is 316 g/mol. The lowest BCUT2D eigenvalue weighted by molar-refractivity contribution is -0.120. The highest BCUT2D eigenvalue weighted by molar-refractivity contribution is 6.30. The van der Waals surface area contributed by atoms with Crippen molar-refractivity contribution >= 4 is 28.6 Å². The van der Waals surface area contributed by atoms with E-state index in [1.54, 1.807) is 24.3 Å². The van der Waals surface area contributed by atoms with Crippen LogP contribution in [0.4, 0.5) is 0 Å². The summed E-state index contributed by atoms with van der Waals surface area (Å²) in [7, 11) is 0. The Hall–Kier alpha value is -2.53. The third kappa shape index (κ3) is 3.38. The average Bonchev–Trinajstić information content (AvgIpc) is 2.84. The Morgan fingerprint density at radius 3 is 2.86 bits per heavy atom. The minimum absolute atomic E-state index is 0.0992. The molecule has 0 atom stereocenters. The lowest BCUT2D eigenvalue weighted by atomic mass is 10.1. The van der Waals surface area contributed by atoms with Crippen LogP contribution in [-0.4, -0.2) is 10.9 Å². The molecule has 0 spiro atoms. The number of fused-ring (bicyclic) bond motifs is 1. The first-order chi connectivity index (χ1) is 10.6. The van der Waals surface area contributed by atoms with Gasteiger partial charge in [-0.15, -0.1) is 0 Å². The molecule has 22 heavy (non-hydrogen) atoms. The Bertz CT molecular complexity index is 882. The third-order valence-corrected chi connectivity index (χ3v) is 3.46. The number of hydrogen-bond acceptors (Lipinski definition) is 3. The standard InChI is InChI=1S/C16H13ClN2O3/c17-12-3-1-2-10(6-12)8-15(20)18-9-11-4-5-13-14(7-11)22-16(21)19-13/h1-7H,8-9H2,(H,18,20)(H,19,21). The van der Waals surface area contributed by atoms with Crippen LogP contribution in [0.15, 0.2) is 51.7 Å². The molecule has 1 amide bonds. The zero-order chi connectivity index (χ0) is 15.5. The van der Waals surface area contributed by atoms with E-state index in [0.717, 1.165) is 11.1 Å². The number of amides is 1. The summed E-state index contributed by atoms with van der Waals surface area (Å²) < 4.78 is 4.99. The van der Waals surface area contributed by atoms with E-state index in [9.17, 15) is 9.59 Å². The zero-order valence-electron chi connectivity index (χ0n) is 11.6. The number of benzene rings is 2. The quantitative estimate of drug-likeness (QED) is 0.777. The van der Waals surface area contributed by atoms with Gasteiger partial charge in [0.05, 0.1) is 11.9 Å². The second kappa shape index (κ2) is 6.07. The summed E-state index contributed by atoms with van der Waals surface area (Å²) in [5.74, 6) is -0.588. The molecule has 0 fully saturated rings. The summed E-state index contributed by atoms with van der Waals surface area (Å²) >= 11 is 5.89. The van der Waals surface area contributed by atoms with E-state index in [-0.39, 0.29) is 12.3 Å². The molecule has 0 unspecified atom stereocenters. The number of nitrogens with one attached hydrogen (secondary N) is 2. The van der Waals surface area contributed by atoms with E-state index < -0.39 is 5.76 Å². The second-order valence-corrected chi connectivity index (χ2v) is 5.36. The van der Waals surface area contributed by atoms with E-state index in [1.165, 1.54) is 0 Å². The van der Waals surface area contributed by atoms with Crippen LogP contribution >= 0.6 is 11.6 Å². The normalized spacial score (nSPS) is 10.8. The molecule has 112 valence electrons. The predicted molar refractivity (Wildman–Crippen MR) is 83.8 cm³/mol. The number of hydrogen-bond donors (Lipinski definition) is 2. The van der Waals surface area contributed by atoms with Gasteiger partial charge in [0.25, 0.3) is 0 Å². The van der Waals surface area contributed by atoms with Crippen molar-refractivity contribution < 1.29 is 9.21 Å². The molecule has 2 N–H and O–H groups in total. The van der Waals surface area contributed by atoms with Gasteiger partial charge in [-0.25, -0.2) is 4.79 Å². The lowest BCUT2D eigenvalue weighted by Crippen LogP contribution is -2.24. The van der Waals surface area contributed by atoms with Gasteiger partial charge in [0.1, 0.15) is 0 Å². The van der Waals surface area contributed by atoms with Crippen LogP contribution in [0.25, 0.3) is 11.1 Å². The molecule has 0 bridgehead atoms. The number of oxazole rings is 1. The predicted octanol–water partition coefficient (Wildman–Crippen LogP) is 2.63. The highest BCUT2D eigenvalue weighted by Crippen LogP contribution is 2.13. The molecule has 0 saturated heterocycles. The van der Waals surface area contributed by atoms with E-state index >= 15 is 0 Å². The van der Waals surface area contributed by atoms with Crippen LogP contribution < -0.4 is 11.1 Å². The molecule has 2 aromatic carbocycles. The number of carbonyl (C=O) groups is 1. The minimum atomic E-state index is -0.489. The number of H-pyrrole nitrogens is 1. The SMILES string of the molecule is O=C(Cc1cccc(Cl)c1)NCc1ccc2[nH]c(=O)oc2c1. The molecule has 0 saturated carbocycles. The van der Waals surface area contributed by atoms with Crippen molar-refractivity contribution in [1.82, 2.24) is 10.3 Å². The first-order valence-corrected chi connectivity index (χ1v) is 7.11. The van der Waals surface area contributed by atoms with Gasteiger partial charge >= 0.3 is 5.76 Å². The molecule has 1 aromatic heterocycles. The second-order valence-electron chi connectivity index (χ2n) is 4.93. The largest absolute Gasteiger partial charge is 0.417 e. The van der Waals surface area contributed by atoms with E-state index in [2.05, 4.69) is 10.3 Å². The van der Waals surface area contributed by atoms with Gasteiger partial charge in [0.2, 0.25) is 5.91 Å². The Morgan fingerprint density at radius 2 is 2.05 bits per heavy atom. The van der Waals surface area contributed by atoms with Crippen LogP contribution in [0.3, 0.4) is 0 Å². The third-order valence-electron chi connectivity index (χ3n) is 3.23. The van der Waals surface area contributed by atoms with E-state index in [1.807, 2.05) is 18.2 Å². The van der Waals surface area contributed by atoms with E-state index in [0.29, 0.717) is 22.7 Å². The van der Waals surface area contributed by atoms with Crippen molar-refractivity contribution in [2.24, 2.45) is 0 Å². The minimum Gasteiger partial charge on any atom is -0.408 e. The highest BCUT2D eigenvalue weighted by atomic mass is 35.5. The Balaban J connectivity index is 1.63. The van der Waals surface area contributed by atoms with Crippen molar-refractivity contribution in [1.29, 1.82) is 0 Å². The first-order valence-electron chi connectivity index (χ1n) is 6.73. The lowest BCUT2D eigenvalue weighted by Gasteiger charge is -2.06. The molecule has 0 aliphatic carbocycles. The molecule has 1 heterocycles. The summed E-state index contributed by atoms with van der Waals surface area (Å²) in [4.78, 5) is 25.6. The fourth-order valence-corrected chi connectivity index (χ4v) is 2.41. The molecule has 3 rings (SSSR count). The van der Waals surface area contributed by atoms with Gasteiger partial charge in [-0.2, -0.15) is 0 Å². The highest BCUT2D eigenvalue weighted by Gasteiger charge is 2.06. The van der Waals surface area contributed by atoms with Gasteiger partial charge in [0.15, 0.2) is 5.58 Å². The number of halogens is 1. The summed E-state index contributed by atoms with van der Waals surface area (Å²) in [5, 5.41) is 3.44. The van der Waals surface area contributed by atoms with Crippen LogP contribution in [0.1, 0.15) is 11.1 Å². The van der Waals surface area contributed by atoms with Crippen molar-refractivity contribution in [2.45, 2.75) is 13.0 Å². The number of rotatable bonds is 4. The van der Waals surface area contributed by atoms with Gasteiger partial charge < -0.3 is 9.73 Å². The molecule has 0 aliphatic heterocycles. The Morgan fingerprint density at radius 1 is 1.18 bits per heavy atom. The van der Waals surface area contributed by atoms with Gasteiger partial charge in [-0.1, -0.05) is 29.8 Å². The van der Waals surface area contributed by atoms with Crippen LogP contribution in [0, 0.1) is 0 Å². The topological polar surface area (TPSA) is 75.1 Å². The van der Waals surface area contributed by atoms with E-state index in [4.69, 9.17) is 16.0 Å². The fourth-order valence-electron chi connectivity index (χ4n) is 2.20. The molecule has 6 heteroatoms. The smallest absolute Gasteiger partial charge is 0.408 e. The molecule has 3 aromatic rings. The molecular formula is C16H13ClN2O3.